The van der Waals surface area contributed by atoms with Crippen molar-refractivity contribution in [2.45, 2.75) is 20.3 Å². The summed E-state index contributed by atoms with van der Waals surface area (Å²) in [5, 5.41) is 0. The highest BCUT2D eigenvalue weighted by molar-refractivity contribution is 5.94. The largest absolute Gasteiger partial charge is 0.494 e. The van der Waals surface area contributed by atoms with Crippen LogP contribution in [0.15, 0.2) is 48.5 Å². The standard InChI is InChI=1S/C24H30N2O5/c1-3-29-20-8-6-19(7-9-20)24(28)26-15-5-14-25(16-17-26)23(27)18-31-22-12-10-21(11-13-22)30-4-2/h6-13H,3-5,14-18H2,1-2H3. The summed E-state index contributed by atoms with van der Waals surface area (Å²) in [4.78, 5) is 29.0. The first-order valence-electron chi connectivity index (χ1n) is 10.8. The van der Waals surface area contributed by atoms with Gasteiger partial charge >= 0.3 is 0 Å². The summed E-state index contributed by atoms with van der Waals surface area (Å²) in [5.74, 6) is 2.04. The van der Waals surface area contributed by atoms with Gasteiger partial charge in [-0.25, -0.2) is 0 Å². The monoisotopic (exact) mass is 426 g/mol. The minimum Gasteiger partial charge on any atom is -0.494 e. The Labute approximate surface area is 183 Å². The number of amides is 2. The fraction of sp³-hybridized carbons (Fsp3) is 0.417. The third kappa shape index (κ3) is 6.38. The summed E-state index contributed by atoms with van der Waals surface area (Å²) in [6.45, 7) is 7.24. The molecule has 1 saturated heterocycles. The average Bonchev–Trinajstić information content (AvgIpc) is 3.05. The maximum atomic E-state index is 12.8. The van der Waals surface area contributed by atoms with E-state index in [-0.39, 0.29) is 18.4 Å². The Kier molecular flexibility index (Phi) is 8.15. The topological polar surface area (TPSA) is 68.3 Å². The van der Waals surface area contributed by atoms with E-state index in [1.807, 2.05) is 38.1 Å². The molecule has 166 valence electrons. The Balaban J connectivity index is 1.49. The molecule has 1 fully saturated rings. The first-order valence-corrected chi connectivity index (χ1v) is 10.8. The van der Waals surface area contributed by atoms with Gasteiger partial charge in [0.25, 0.3) is 11.8 Å². The van der Waals surface area contributed by atoms with Gasteiger partial charge in [-0.15, -0.1) is 0 Å². The average molecular weight is 427 g/mol. The summed E-state index contributed by atoms with van der Waals surface area (Å²) in [6, 6.07) is 14.4. The van der Waals surface area contributed by atoms with E-state index in [1.165, 1.54) is 0 Å². The number of benzene rings is 2. The zero-order valence-electron chi connectivity index (χ0n) is 18.2. The number of rotatable bonds is 8. The third-order valence-electron chi connectivity index (χ3n) is 5.05. The van der Waals surface area contributed by atoms with Crippen LogP contribution < -0.4 is 14.2 Å². The predicted molar refractivity (Wildman–Crippen MR) is 118 cm³/mol. The minimum atomic E-state index is -0.0794. The van der Waals surface area contributed by atoms with Gasteiger partial charge in [0.2, 0.25) is 0 Å². The summed E-state index contributed by atoms with van der Waals surface area (Å²) in [7, 11) is 0. The molecule has 1 heterocycles. The molecule has 0 atom stereocenters. The lowest BCUT2D eigenvalue weighted by atomic mass is 10.2. The van der Waals surface area contributed by atoms with Crippen molar-refractivity contribution in [1.82, 2.24) is 9.80 Å². The lowest BCUT2D eigenvalue weighted by Crippen LogP contribution is -2.39. The van der Waals surface area contributed by atoms with E-state index in [1.54, 1.807) is 34.1 Å². The Morgan fingerprint density at radius 3 is 1.77 bits per heavy atom. The molecule has 0 unspecified atom stereocenters. The molecule has 31 heavy (non-hydrogen) atoms. The molecule has 0 spiro atoms. The lowest BCUT2D eigenvalue weighted by molar-refractivity contribution is -0.133. The van der Waals surface area contributed by atoms with Crippen LogP contribution in [0, 0.1) is 0 Å². The van der Waals surface area contributed by atoms with E-state index in [4.69, 9.17) is 14.2 Å². The molecule has 2 aromatic carbocycles. The van der Waals surface area contributed by atoms with Gasteiger partial charge in [-0.3, -0.25) is 9.59 Å². The van der Waals surface area contributed by atoms with Crippen LogP contribution in [0.4, 0.5) is 0 Å². The van der Waals surface area contributed by atoms with Gasteiger partial charge in [-0.1, -0.05) is 0 Å². The van der Waals surface area contributed by atoms with Crippen LogP contribution in [0.2, 0.25) is 0 Å². The third-order valence-corrected chi connectivity index (χ3v) is 5.05. The van der Waals surface area contributed by atoms with E-state index in [9.17, 15) is 9.59 Å². The first kappa shape index (κ1) is 22.5. The van der Waals surface area contributed by atoms with Crippen LogP contribution in [0.3, 0.4) is 0 Å². The highest BCUT2D eigenvalue weighted by Crippen LogP contribution is 2.18. The van der Waals surface area contributed by atoms with E-state index in [0.29, 0.717) is 50.7 Å². The van der Waals surface area contributed by atoms with Gasteiger partial charge in [0.15, 0.2) is 6.61 Å². The molecular formula is C24H30N2O5. The van der Waals surface area contributed by atoms with E-state index in [0.717, 1.165) is 17.9 Å². The Morgan fingerprint density at radius 2 is 1.19 bits per heavy atom. The lowest BCUT2D eigenvalue weighted by Gasteiger charge is -2.22. The predicted octanol–water partition coefficient (Wildman–Crippen LogP) is 3.24. The molecule has 0 saturated carbocycles. The Hall–Kier alpha value is -3.22. The summed E-state index contributed by atoms with van der Waals surface area (Å²) in [6.07, 6.45) is 0.734. The van der Waals surface area contributed by atoms with Crippen LogP contribution >= 0.6 is 0 Å². The number of ether oxygens (including phenoxy) is 3. The second-order valence-corrected chi connectivity index (χ2v) is 7.18. The fourth-order valence-corrected chi connectivity index (χ4v) is 3.45. The number of hydrogen-bond donors (Lipinski definition) is 0. The van der Waals surface area contributed by atoms with Crippen molar-refractivity contribution in [2.24, 2.45) is 0 Å². The van der Waals surface area contributed by atoms with Crippen molar-refractivity contribution in [3.63, 3.8) is 0 Å². The van der Waals surface area contributed by atoms with Crippen molar-refractivity contribution in [3.05, 3.63) is 54.1 Å². The smallest absolute Gasteiger partial charge is 0.260 e. The maximum Gasteiger partial charge on any atom is 0.260 e. The second-order valence-electron chi connectivity index (χ2n) is 7.18. The number of nitrogens with zero attached hydrogens (tertiary/aromatic N) is 2. The van der Waals surface area contributed by atoms with Gasteiger partial charge in [0.05, 0.1) is 13.2 Å². The second kappa shape index (κ2) is 11.2. The molecule has 0 aromatic heterocycles. The molecule has 0 N–H and O–H groups in total. The van der Waals surface area contributed by atoms with Gasteiger partial charge in [0.1, 0.15) is 17.2 Å². The summed E-state index contributed by atoms with van der Waals surface area (Å²) < 4.78 is 16.5. The highest BCUT2D eigenvalue weighted by atomic mass is 16.5. The first-order chi connectivity index (χ1) is 15.1. The molecule has 1 aliphatic heterocycles. The van der Waals surface area contributed by atoms with E-state index < -0.39 is 0 Å². The van der Waals surface area contributed by atoms with Crippen LogP contribution in [0.1, 0.15) is 30.6 Å². The van der Waals surface area contributed by atoms with Gasteiger partial charge < -0.3 is 24.0 Å². The highest BCUT2D eigenvalue weighted by Gasteiger charge is 2.23. The molecule has 0 radical (unpaired) electrons. The molecule has 1 aliphatic rings. The SMILES string of the molecule is CCOc1ccc(OCC(=O)N2CCCN(C(=O)c3ccc(OCC)cc3)CC2)cc1. The molecular weight excluding hydrogens is 396 g/mol. The quantitative estimate of drug-likeness (QED) is 0.648. The van der Waals surface area contributed by atoms with Gasteiger partial charge in [0, 0.05) is 31.7 Å². The van der Waals surface area contributed by atoms with E-state index >= 15 is 0 Å². The van der Waals surface area contributed by atoms with Crippen molar-refractivity contribution >= 4 is 11.8 Å². The molecule has 7 heteroatoms. The Bertz CT molecular complexity index is 851. The van der Waals surface area contributed by atoms with Gasteiger partial charge in [-0.2, -0.15) is 0 Å². The van der Waals surface area contributed by atoms with Gasteiger partial charge in [-0.05, 0) is 68.8 Å². The molecule has 2 aromatic rings. The maximum absolute atomic E-state index is 12.8. The van der Waals surface area contributed by atoms with Crippen LogP contribution in [0.5, 0.6) is 17.2 Å². The van der Waals surface area contributed by atoms with Crippen molar-refractivity contribution in [2.75, 3.05) is 46.0 Å². The number of hydrogen-bond acceptors (Lipinski definition) is 5. The zero-order valence-corrected chi connectivity index (χ0v) is 18.2. The molecule has 7 nitrogen and oxygen atoms in total. The van der Waals surface area contributed by atoms with Crippen molar-refractivity contribution in [3.8, 4) is 17.2 Å². The molecule has 0 aliphatic carbocycles. The van der Waals surface area contributed by atoms with Crippen LogP contribution in [0.25, 0.3) is 0 Å². The molecule has 2 amide bonds. The number of carbonyl (C=O) groups excluding carboxylic acids is 2. The zero-order chi connectivity index (χ0) is 22.1. The Morgan fingerprint density at radius 1 is 0.710 bits per heavy atom. The van der Waals surface area contributed by atoms with Crippen LogP contribution in [-0.2, 0) is 4.79 Å². The van der Waals surface area contributed by atoms with Crippen LogP contribution in [-0.4, -0.2) is 67.6 Å². The van der Waals surface area contributed by atoms with Crippen molar-refractivity contribution in [1.29, 1.82) is 0 Å². The molecule has 3 rings (SSSR count). The molecule has 0 bridgehead atoms. The minimum absolute atomic E-state index is 0.0250. The number of carbonyl (C=O) groups is 2. The normalized spacial score (nSPS) is 14.0. The summed E-state index contributed by atoms with van der Waals surface area (Å²) >= 11 is 0. The summed E-state index contributed by atoms with van der Waals surface area (Å²) in [5.41, 5.74) is 0.627. The van der Waals surface area contributed by atoms with Crippen molar-refractivity contribution < 1.29 is 23.8 Å². The fourth-order valence-electron chi connectivity index (χ4n) is 3.45. The van der Waals surface area contributed by atoms with E-state index in [2.05, 4.69) is 0 Å².